The van der Waals surface area contributed by atoms with Gasteiger partial charge in [0.15, 0.2) is 0 Å². The third kappa shape index (κ3) is 5.70. The van der Waals surface area contributed by atoms with Gasteiger partial charge in [-0.15, -0.1) is 11.3 Å². The van der Waals surface area contributed by atoms with Gasteiger partial charge < -0.3 is 10.4 Å². The van der Waals surface area contributed by atoms with Crippen LogP contribution in [0.15, 0.2) is 12.1 Å². The van der Waals surface area contributed by atoms with Crippen LogP contribution >= 0.6 is 22.9 Å². The number of nitrogens with one attached hydrogen (secondary N) is 1. The summed E-state index contributed by atoms with van der Waals surface area (Å²) < 4.78 is 0.688. The summed E-state index contributed by atoms with van der Waals surface area (Å²) in [6.45, 7) is 2.19. The molecular formula is C11H14ClNO3S. The molecule has 0 aromatic carbocycles. The number of halogens is 1. The molecule has 1 aromatic heterocycles. The van der Waals surface area contributed by atoms with Crippen LogP contribution < -0.4 is 5.32 Å². The molecule has 0 fully saturated rings. The van der Waals surface area contributed by atoms with Crippen LogP contribution in [0.2, 0.25) is 4.34 Å². The lowest BCUT2D eigenvalue weighted by Gasteiger charge is -2.08. The first kappa shape index (κ1) is 14.0. The van der Waals surface area contributed by atoms with E-state index in [1.54, 1.807) is 13.0 Å². The highest BCUT2D eigenvalue weighted by molar-refractivity contribution is 7.16. The highest BCUT2D eigenvalue weighted by atomic mass is 35.5. The highest BCUT2D eigenvalue weighted by Crippen LogP contribution is 2.21. The van der Waals surface area contributed by atoms with Crippen LogP contribution in [0.4, 0.5) is 0 Å². The van der Waals surface area contributed by atoms with Crippen molar-refractivity contribution in [2.75, 3.05) is 0 Å². The number of amides is 1. The Kier molecular flexibility index (Phi) is 5.44. The average molecular weight is 276 g/mol. The zero-order valence-corrected chi connectivity index (χ0v) is 11.0. The number of carboxylic acids is 1. The largest absolute Gasteiger partial charge is 0.481 e. The molecule has 0 radical (unpaired) electrons. The van der Waals surface area contributed by atoms with Gasteiger partial charge in [0.1, 0.15) is 0 Å². The quantitative estimate of drug-likeness (QED) is 0.838. The second-order valence-electron chi connectivity index (χ2n) is 3.89. The van der Waals surface area contributed by atoms with E-state index in [1.807, 2.05) is 6.07 Å². The summed E-state index contributed by atoms with van der Waals surface area (Å²) in [5.41, 5.74) is 0. The van der Waals surface area contributed by atoms with Gasteiger partial charge in [-0.3, -0.25) is 9.59 Å². The van der Waals surface area contributed by atoms with E-state index in [4.69, 9.17) is 16.7 Å². The van der Waals surface area contributed by atoms with Crippen molar-refractivity contribution in [1.82, 2.24) is 5.32 Å². The Morgan fingerprint density at radius 3 is 2.71 bits per heavy atom. The maximum absolute atomic E-state index is 11.5. The summed E-state index contributed by atoms with van der Waals surface area (Å²) in [6, 6.07) is 3.63. The van der Waals surface area contributed by atoms with Crippen molar-refractivity contribution in [2.24, 2.45) is 5.92 Å². The lowest BCUT2D eigenvalue weighted by atomic mass is 10.0. The van der Waals surface area contributed by atoms with Gasteiger partial charge >= 0.3 is 5.97 Å². The van der Waals surface area contributed by atoms with Crippen molar-refractivity contribution in [1.29, 1.82) is 0 Å². The van der Waals surface area contributed by atoms with E-state index in [0.29, 0.717) is 10.9 Å². The Hall–Kier alpha value is -1.07. The third-order valence-corrected chi connectivity index (χ3v) is 3.38. The minimum atomic E-state index is -0.879. The fourth-order valence-corrected chi connectivity index (χ4v) is 2.42. The van der Waals surface area contributed by atoms with Gasteiger partial charge in [0.05, 0.1) is 10.9 Å². The topological polar surface area (TPSA) is 66.4 Å². The maximum Gasteiger partial charge on any atom is 0.303 e. The summed E-state index contributed by atoms with van der Waals surface area (Å²) in [5, 5.41) is 11.3. The van der Waals surface area contributed by atoms with Gasteiger partial charge in [-0.25, -0.2) is 0 Å². The predicted octanol–water partition coefficient (Wildman–Crippen LogP) is 2.52. The van der Waals surface area contributed by atoms with Crippen molar-refractivity contribution in [3.05, 3.63) is 21.3 Å². The molecule has 1 heterocycles. The molecule has 17 heavy (non-hydrogen) atoms. The number of thiophene rings is 1. The smallest absolute Gasteiger partial charge is 0.303 e. The SMILES string of the molecule is CC(CC(=O)O)CC(=O)NCc1ccc(Cl)s1. The Labute approximate surface area is 109 Å². The van der Waals surface area contributed by atoms with Gasteiger partial charge in [0.25, 0.3) is 0 Å². The third-order valence-electron chi connectivity index (χ3n) is 2.15. The number of rotatable bonds is 6. The van der Waals surface area contributed by atoms with Crippen LogP contribution in [0, 0.1) is 5.92 Å². The molecule has 1 rings (SSSR count). The van der Waals surface area contributed by atoms with Gasteiger partial charge in [-0.2, -0.15) is 0 Å². The van der Waals surface area contributed by atoms with Crippen molar-refractivity contribution in [3.63, 3.8) is 0 Å². The number of hydrogen-bond donors (Lipinski definition) is 2. The van der Waals surface area contributed by atoms with E-state index < -0.39 is 5.97 Å². The molecule has 0 aliphatic heterocycles. The van der Waals surface area contributed by atoms with Gasteiger partial charge in [0.2, 0.25) is 5.91 Å². The Bertz CT molecular complexity index is 405. The van der Waals surface area contributed by atoms with Crippen molar-refractivity contribution in [3.8, 4) is 0 Å². The van der Waals surface area contributed by atoms with Gasteiger partial charge in [0, 0.05) is 17.7 Å². The van der Waals surface area contributed by atoms with Crippen molar-refractivity contribution >= 4 is 34.8 Å². The zero-order chi connectivity index (χ0) is 12.8. The molecule has 1 atom stereocenters. The molecule has 0 aliphatic rings. The van der Waals surface area contributed by atoms with Crippen LogP contribution in [0.3, 0.4) is 0 Å². The molecule has 6 heteroatoms. The second kappa shape index (κ2) is 6.61. The van der Waals surface area contributed by atoms with Crippen molar-refractivity contribution < 1.29 is 14.7 Å². The second-order valence-corrected chi connectivity index (χ2v) is 5.69. The number of carbonyl (C=O) groups is 2. The maximum atomic E-state index is 11.5. The Morgan fingerprint density at radius 1 is 1.47 bits per heavy atom. The van der Waals surface area contributed by atoms with Crippen molar-refractivity contribution in [2.45, 2.75) is 26.3 Å². The summed E-state index contributed by atoms with van der Waals surface area (Å²) in [5.74, 6) is -1.17. The lowest BCUT2D eigenvalue weighted by molar-refractivity contribution is -0.138. The molecule has 4 nitrogen and oxygen atoms in total. The minimum Gasteiger partial charge on any atom is -0.481 e. The van der Waals surface area contributed by atoms with Gasteiger partial charge in [-0.1, -0.05) is 18.5 Å². The molecule has 1 aromatic rings. The number of carboxylic acid groups (broad SMARTS) is 1. The molecule has 1 unspecified atom stereocenters. The highest BCUT2D eigenvalue weighted by Gasteiger charge is 2.12. The average Bonchev–Trinajstić information content (AvgIpc) is 2.59. The molecule has 0 bridgehead atoms. The monoisotopic (exact) mass is 275 g/mol. The van der Waals surface area contributed by atoms with E-state index >= 15 is 0 Å². The molecule has 0 aliphatic carbocycles. The normalized spacial score (nSPS) is 12.1. The van der Waals surface area contributed by atoms with E-state index in [0.717, 1.165) is 4.88 Å². The number of carbonyl (C=O) groups excluding carboxylic acids is 1. The fourth-order valence-electron chi connectivity index (χ4n) is 1.39. The molecule has 0 saturated heterocycles. The van der Waals surface area contributed by atoms with Crippen LogP contribution in [0.1, 0.15) is 24.6 Å². The Morgan fingerprint density at radius 2 is 2.18 bits per heavy atom. The standard InChI is InChI=1S/C11H14ClNO3S/c1-7(5-11(15)16)4-10(14)13-6-8-2-3-9(12)17-8/h2-3,7H,4-6H2,1H3,(H,13,14)(H,15,16). The zero-order valence-electron chi connectivity index (χ0n) is 9.40. The van der Waals surface area contributed by atoms with Gasteiger partial charge in [-0.05, 0) is 18.1 Å². The predicted molar refractivity (Wildman–Crippen MR) is 67.2 cm³/mol. The minimum absolute atomic E-state index is 0.0122. The van der Waals surface area contributed by atoms with Crippen LogP contribution in [0.25, 0.3) is 0 Å². The fraction of sp³-hybridized carbons (Fsp3) is 0.455. The molecule has 94 valence electrons. The van der Waals surface area contributed by atoms with Crippen LogP contribution in [0.5, 0.6) is 0 Å². The first-order valence-electron chi connectivity index (χ1n) is 5.20. The Balaban J connectivity index is 2.28. The summed E-state index contributed by atoms with van der Waals surface area (Å²) in [4.78, 5) is 22.9. The molecule has 0 spiro atoms. The van der Waals surface area contributed by atoms with E-state index in [9.17, 15) is 9.59 Å². The summed E-state index contributed by atoms with van der Waals surface area (Å²) >= 11 is 7.17. The number of aliphatic carboxylic acids is 1. The first-order chi connectivity index (χ1) is 7.97. The van der Waals surface area contributed by atoms with Crippen LogP contribution in [-0.2, 0) is 16.1 Å². The molecule has 0 saturated carbocycles. The van der Waals surface area contributed by atoms with E-state index in [1.165, 1.54) is 11.3 Å². The van der Waals surface area contributed by atoms with E-state index in [-0.39, 0.29) is 24.7 Å². The first-order valence-corrected chi connectivity index (χ1v) is 6.39. The number of hydrogen-bond acceptors (Lipinski definition) is 3. The molecule has 2 N–H and O–H groups in total. The lowest BCUT2D eigenvalue weighted by Crippen LogP contribution is -2.24. The van der Waals surface area contributed by atoms with Crippen LogP contribution in [-0.4, -0.2) is 17.0 Å². The summed E-state index contributed by atoms with van der Waals surface area (Å²) in [7, 11) is 0. The molecular weight excluding hydrogens is 262 g/mol. The summed E-state index contributed by atoms with van der Waals surface area (Å²) in [6.07, 6.45) is 0.240. The molecule has 1 amide bonds. The van der Waals surface area contributed by atoms with E-state index in [2.05, 4.69) is 5.32 Å².